The van der Waals surface area contributed by atoms with Crippen LogP contribution in [0.1, 0.15) is 6.42 Å². The summed E-state index contributed by atoms with van der Waals surface area (Å²) in [5.74, 6) is 0. The molecule has 1 N–H and O–H groups in total. The second-order valence-electron chi connectivity index (χ2n) is 2.63. The van der Waals surface area contributed by atoms with Crippen molar-refractivity contribution in [2.24, 2.45) is 0 Å². The van der Waals surface area contributed by atoms with E-state index in [0.29, 0.717) is 26.2 Å². The second kappa shape index (κ2) is 10.8. The molecule has 83 valence electrons. The van der Waals surface area contributed by atoms with Gasteiger partial charge in [-0.05, 0) is 0 Å². The molecule has 0 aromatic rings. The number of hydrogen-bond donors (Lipinski definition) is 1. The SMILES string of the molecule is CP(OCCC#N)OCCOCC[NH][Rf]. The Morgan fingerprint density at radius 2 is 2.00 bits per heavy atom. The fourth-order valence-corrected chi connectivity index (χ4v) is 2.14. The fraction of sp³-hybridized carbons (Fsp3) is 0.875. The van der Waals surface area contributed by atoms with Crippen molar-refractivity contribution in [1.82, 2.24) is 5.73 Å². The van der Waals surface area contributed by atoms with Crippen molar-refractivity contribution >= 4 is 8.38 Å². The molecule has 0 heterocycles. The van der Waals surface area contributed by atoms with E-state index >= 15 is 0 Å². The van der Waals surface area contributed by atoms with E-state index in [2.05, 4.69) is 5.73 Å². The average Bonchev–Trinajstić information content (AvgIpc) is 2.23. The Morgan fingerprint density at radius 1 is 1.27 bits per heavy atom. The van der Waals surface area contributed by atoms with Gasteiger partial charge in [0, 0.05) is 0 Å². The Labute approximate surface area is 86.0 Å². The van der Waals surface area contributed by atoms with E-state index in [-0.39, 0.29) is 0 Å². The molecule has 5 nitrogen and oxygen atoms in total. The molecule has 0 aromatic carbocycles. The number of rotatable bonds is 10. The maximum absolute atomic E-state index is 8.29. The van der Waals surface area contributed by atoms with Crippen molar-refractivity contribution in [3.8, 4) is 6.07 Å². The van der Waals surface area contributed by atoms with Gasteiger partial charge >= 0.3 is 80.0 Å². The van der Waals surface area contributed by atoms with Crippen LogP contribution in [0.2, 0.25) is 0 Å². The number of nitrogens with one attached hydrogen (secondary N) is 1. The van der Waals surface area contributed by atoms with Crippen LogP contribution in [0.4, 0.5) is 0 Å². The van der Waals surface area contributed by atoms with Crippen molar-refractivity contribution in [2.45, 2.75) is 6.42 Å². The third-order valence-corrected chi connectivity index (χ3v) is 4.10. The summed E-state index contributed by atoms with van der Waals surface area (Å²) in [6.07, 6.45) is 0.417. The van der Waals surface area contributed by atoms with E-state index < -0.39 is 8.38 Å². The van der Waals surface area contributed by atoms with Gasteiger partial charge in [-0.15, -0.1) is 0 Å². The molecular weight excluding hydrogens is 470 g/mol. The van der Waals surface area contributed by atoms with Gasteiger partial charge in [-0.2, -0.15) is 5.26 Å². The van der Waals surface area contributed by atoms with Crippen molar-refractivity contribution < 1.29 is 13.8 Å². The van der Waals surface area contributed by atoms with Crippen LogP contribution in [0.3, 0.4) is 0 Å². The zero-order valence-electron chi connectivity index (χ0n) is 9.07. The molecule has 7 heteroatoms. The fourth-order valence-electron chi connectivity index (χ4n) is 0.728. The first-order chi connectivity index (χ1) is 7.31. The molecule has 0 fully saturated rings. The van der Waals surface area contributed by atoms with Gasteiger partial charge in [-0.1, -0.05) is 0 Å². The number of hydrogen-bond acceptors (Lipinski definition) is 5. The quantitative estimate of drug-likeness (QED) is 0.368. The predicted molar refractivity (Wildman–Crippen MR) is 53.8 cm³/mol. The van der Waals surface area contributed by atoms with Crippen molar-refractivity contribution in [3.05, 3.63) is 0 Å². The zero-order valence-corrected chi connectivity index (χ0v) is 16.4. The topological polar surface area (TPSA) is 63.5 Å². The van der Waals surface area contributed by atoms with E-state index in [0.717, 1.165) is 13.2 Å². The molecule has 0 bridgehead atoms. The van der Waals surface area contributed by atoms with Crippen LogP contribution in [0.25, 0.3) is 0 Å². The van der Waals surface area contributed by atoms with E-state index in [4.69, 9.17) is 19.0 Å². The van der Waals surface area contributed by atoms with Gasteiger partial charge < -0.3 is 0 Å². The van der Waals surface area contributed by atoms with Crippen LogP contribution in [0, 0.1) is 11.3 Å². The van der Waals surface area contributed by atoms with E-state index in [9.17, 15) is 0 Å². The molecule has 0 radical (unpaired) electrons. The molecular formula is C8H16N2O3PRf. The standard InChI is InChI=1S/C8H16N2O3P.Rf/c1-14(12-5-2-3-9)13-8-7-11-6-4-10;/h10H,2,4-8H2,1H3;/q-1;+1. The van der Waals surface area contributed by atoms with Crippen LogP contribution in [0.5, 0.6) is 0 Å². The number of ether oxygens (including phenoxy) is 1. The molecule has 0 aliphatic heterocycles. The van der Waals surface area contributed by atoms with Crippen molar-refractivity contribution in [1.29, 1.82) is 5.26 Å². The normalized spacial score (nSPS) is 12.4. The molecule has 1 unspecified atom stereocenters. The first kappa shape index (κ1) is 13.8. The molecule has 15 heavy (non-hydrogen) atoms. The molecule has 0 aliphatic carbocycles. The Balaban J connectivity index is 3.10. The van der Waals surface area contributed by atoms with Gasteiger partial charge in [0.15, 0.2) is 0 Å². The van der Waals surface area contributed by atoms with Crippen molar-refractivity contribution in [2.75, 3.05) is 39.6 Å². The summed E-state index contributed by atoms with van der Waals surface area (Å²) < 4.78 is 16.5. The molecule has 0 spiro atoms. The van der Waals surface area contributed by atoms with Gasteiger partial charge in [-0.3, -0.25) is 0 Å². The van der Waals surface area contributed by atoms with Crippen LogP contribution >= 0.6 is 8.38 Å². The van der Waals surface area contributed by atoms with Crippen LogP contribution in [-0.2, 0) is 13.8 Å². The van der Waals surface area contributed by atoms with Gasteiger partial charge in [0.05, 0.1) is 0 Å². The minimum absolute atomic E-state index is 0.417. The Kier molecular flexibility index (Phi) is 9.94. The maximum atomic E-state index is 8.29. The minimum atomic E-state index is -0.853. The monoisotopic (exact) mass is 486 g/mol. The number of nitriles is 1. The van der Waals surface area contributed by atoms with Crippen molar-refractivity contribution in [3.63, 3.8) is 0 Å². The van der Waals surface area contributed by atoms with Gasteiger partial charge in [0.2, 0.25) is 0 Å². The summed E-state index contributed by atoms with van der Waals surface area (Å²) >= 11 is 0. The zero-order chi connectivity index (χ0) is 11.4. The van der Waals surface area contributed by atoms with E-state index in [1.807, 2.05) is 12.7 Å². The Bertz CT molecular complexity index is 180. The summed E-state index contributed by atoms with van der Waals surface area (Å²) in [6.45, 7) is 5.18. The molecule has 0 aliphatic rings. The third kappa shape index (κ3) is 10.7. The molecule has 0 saturated heterocycles. The van der Waals surface area contributed by atoms with E-state index in [1.54, 1.807) is 0 Å². The summed E-state index contributed by atoms with van der Waals surface area (Å²) in [4.78, 5) is 0. The van der Waals surface area contributed by atoms with Crippen LogP contribution < -0.4 is 5.73 Å². The van der Waals surface area contributed by atoms with Gasteiger partial charge in [0.1, 0.15) is 0 Å². The molecule has 0 saturated carbocycles. The summed E-state index contributed by atoms with van der Waals surface area (Å²) in [6, 6.07) is 2.02. The molecule has 0 rings (SSSR count). The summed E-state index contributed by atoms with van der Waals surface area (Å²) in [5, 5.41) is 8.29. The molecule has 0 aromatic heterocycles. The summed E-state index contributed by atoms with van der Waals surface area (Å²) in [7, 11) is -0.853. The van der Waals surface area contributed by atoms with Gasteiger partial charge in [-0.25, -0.2) is 0 Å². The molecule has 0 amide bonds. The van der Waals surface area contributed by atoms with E-state index in [1.165, 1.54) is 0 Å². The summed E-state index contributed by atoms with van der Waals surface area (Å²) in [5.41, 5.74) is 3.19. The number of nitrogens with zero attached hydrogens (tertiary/aromatic N) is 1. The first-order valence-electron chi connectivity index (χ1n) is 4.75. The van der Waals surface area contributed by atoms with Crippen LogP contribution in [0.15, 0.2) is 0 Å². The second-order valence-corrected chi connectivity index (χ2v) is 6.28. The third-order valence-electron chi connectivity index (χ3n) is 1.41. The molecule has 1 atom stereocenters. The van der Waals surface area contributed by atoms with Gasteiger partial charge in [0.25, 0.3) is 0 Å². The average molecular weight is 486 g/mol. The van der Waals surface area contributed by atoms with Crippen LogP contribution in [-0.4, -0.2) is 39.6 Å². The Morgan fingerprint density at radius 3 is 2.67 bits per heavy atom. The Hall–Kier alpha value is -1.24. The first-order valence-corrected chi connectivity index (χ1v) is 9.58. The predicted octanol–water partition coefficient (Wildman–Crippen LogP) is 0.945.